The van der Waals surface area contributed by atoms with E-state index in [-0.39, 0.29) is 0 Å². The minimum atomic E-state index is 0.373. The topological polar surface area (TPSA) is 15.3 Å². The molecule has 1 aromatic rings. The molecule has 1 atom stereocenters. The zero-order valence-corrected chi connectivity index (χ0v) is 10.9. The third-order valence-electron chi connectivity index (χ3n) is 3.07. The zero-order chi connectivity index (χ0) is 11.5. The Hall–Kier alpha value is -0.280. The summed E-state index contributed by atoms with van der Waals surface area (Å²) >= 11 is 12.0. The van der Waals surface area contributed by atoms with Gasteiger partial charge in [-0.1, -0.05) is 23.2 Å². The average Bonchev–Trinajstić information content (AvgIpc) is 2.28. The molecule has 1 fully saturated rings. The lowest BCUT2D eigenvalue weighted by Crippen LogP contribution is -2.44. The van der Waals surface area contributed by atoms with Crippen LogP contribution >= 0.6 is 23.2 Å². The minimum absolute atomic E-state index is 0.373. The summed E-state index contributed by atoms with van der Waals surface area (Å²) in [6.07, 6.45) is 0. The Balaban J connectivity index is 2.15. The molecule has 0 amide bonds. The van der Waals surface area contributed by atoms with E-state index in [2.05, 4.69) is 17.1 Å². The average molecular weight is 259 g/mol. The molecule has 1 N–H and O–H groups in total. The number of benzene rings is 1. The zero-order valence-electron chi connectivity index (χ0n) is 9.34. The molecule has 0 unspecified atom stereocenters. The van der Waals surface area contributed by atoms with Crippen LogP contribution < -0.4 is 5.32 Å². The lowest BCUT2D eigenvalue weighted by atomic mass is 10.1. The molecule has 0 aromatic heterocycles. The fraction of sp³-hybridized carbons (Fsp3) is 0.500. The molecule has 0 saturated carbocycles. The Morgan fingerprint density at radius 1 is 1.12 bits per heavy atom. The van der Waals surface area contributed by atoms with Crippen LogP contribution in [0.4, 0.5) is 0 Å². The van der Waals surface area contributed by atoms with Crippen molar-refractivity contribution >= 4 is 23.2 Å². The summed E-state index contributed by atoms with van der Waals surface area (Å²) in [7, 11) is 0. The highest BCUT2D eigenvalue weighted by molar-refractivity contribution is 6.34. The number of piperazine rings is 1. The molecule has 1 aliphatic rings. The molecular formula is C12H16Cl2N2. The molecule has 0 bridgehead atoms. The predicted molar refractivity (Wildman–Crippen MR) is 69.3 cm³/mol. The van der Waals surface area contributed by atoms with Crippen molar-refractivity contribution in [1.82, 2.24) is 10.2 Å². The van der Waals surface area contributed by atoms with E-state index in [9.17, 15) is 0 Å². The number of halogens is 2. The highest BCUT2D eigenvalue weighted by Crippen LogP contribution is 2.26. The third-order valence-corrected chi connectivity index (χ3v) is 3.50. The van der Waals surface area contributed by atoms with Crippen LogP contribution in [0.1, 0.15) is 18.5 Å². The standard InChI is InChI=1S/C12H16Cl2N2/c1-9(16-4-2-15-3-5-16)10-6-11(13)8-12(14)7-10/h6-9,15H,2-5H2,1H3/t9-/m0/s1. The lowest BCUT2D eigenvalue weighted by molar-refractivity contribution is 0.185. The van der Waals surface area contributed by atoms with Gasteiger partial charge in [0, 0.05) is 42.3 Å². The van der Waals surface area contributed by atoms with E-state index in [0.717, 1.165) is 26.2 Å². The number of nitrogens with zero attached hydrogens (tertiary/aromatic N) is 1. The maximum atomic E-state index is 6.02. The molecular weight excluding hydrogens is 243 g/mol. The van der Waals surface area contributed by atoms with E-state index in [1.165, 1.54) is 5.56 Å². The summed E-state index contributed by atoms with van der Waals surface area (Å²) in [5, 5.41) is 4.77. The van der Waals surface area contributed by atoms with Gasteiger partial charge in [-0.15, -0.1) is 0 Å². The first kappa shape index (κ1) is 12.2. The predicted octanol–water partition coefficient (Wildman–Crippen LogP) is 2.96. The first-order valence-corrected chi connectivity index (χ1v) is 6.33. The second-order valence-corrected chi connectivity index (χ2v) is 5.04. The van der Waals surface area contributed by atoms with Crippen molar-refractivity contribution in [3.8, 4) is 0 Å². The van der Waals surface area contributed by atoms with E-state index in [1.807, 2.05) is 12.1 Å². The molecule has 1 saturated heterocycles. The maximum Gasteiger partial charge on any atom is 0.0424 e. The van der Waals surface area contributed by atoms with E-state index in [4.69, 9.17) is 23.2 Å². The van der Waals surface area contributed by atoms with Crippen molar-refractivity contribution in [1.29, 1.82) is 0 Å². The molecule has 0 radical (unpaired) electrons. The van der Waals surface area contributed by atoms with Crippen LogP contribution in [-0.2, 0) is 0 Å². The van der Waals surface area contributed by atoms with Crippen molar-refractivity contribution in [3.05, 3.63) is 33.8 Å². The number of nitrogens with one attached hydrogen (secondary N) is 1. The van der Waals surface area contributed by atoms with E-state index in [1.54, 1.807) is 6.07 Å². The second kappa shape index (κ2) is 5.37. The number of rotatable bonds is 2. The fourth-order valence-electron chi connectivity index (χ4n) is 2.10. The van der Waals surface area contributed by atoms with E-state index in [0.29, 0.717) is 16.1 Å². The van der Waals surface area contributed by atoms with Crippen molar-refractivity contribution < 1.29 is 0 Å². The molecule has 0 aliphatic carbocycles. The van der Waals surface area contributed by atoms with Gasteiger partial charge in [-0.2, -0.15) is 0 Å². The quantitative estimate of drug-likeness (QED) is 0.878. The highest BCUT2D eigenvalue weighted by Gasteiger charge is 2.18. The smallest absolute Gasteiger partial charge is 0.0424 e. The van der Waals surface area contributed by atoms with Gasteiger partial charge in [0.1, 0.15) is 0 Å². The van der Waals surface area contributed by atoms with Crippen molar-refractivity contribution in [2.75, 3.05) is 26.2 Å². The van der Waals surface area contributed by atoms with E-state index < -0.39 is 0 Å². The largest absolute Gasteiger partial charge is 0.314 e. The minimum Gasteiger partial charge on any atom is -0.314 e. The molecule has 2 nitrogen and oxygen atoms in total. The van der Waals surface area contributed by atoms with Crippen molar-refractivity contribution in [3.63, 3.8) is 0 Å². The summed E-state index contributed by atoms with van der Waals surface area (Å²) in [6.45, 7) is 6.46. The molecule has 1 heterocycles. The first-order valence-electron chi connectivity index (χ1n) is 5.57. The van der Waals surface area contributed by atoms with Gasteiger partial charge >= 0.3 is 0 Å². The molecule has 4 heteroatoms. The van der Waals surface area contributed by atoms with Crippen LogP contribution in [-0.4, -0.2) is 31.1 Å². The van der Waals surface area contributed by atoms with Gasteiger partial charge < -0.3 is 5.32 Å². The molecule has 1 aromatic carbocycles. The van der Waals surface area contributed by atoms with Crippen LogP contribution in [0, 0.1) is 0 Å². The molecule has 0 spiro atoms. The van der Waals surface area contributed by atoms with Gasteiger partial charge in [-0.25, -0.2) is 0 Å². The lowest BCUT2D eigenvalue weighted by Gasteiger charge is -2.33. The summed E-state index contributed by atoms with van der Waals surface area (Å²) in [6, 6.07) is 6.15. The van der Waals surface area contributed by atoms with Gasteiger partial charge in [0.05, 0.1) is 0 Å². The molecule has 2 rings (SSSR count). The van der Waals surface area contributed by atoms with Crippen molar-refractivity contribution in [2.45, 2.75) is 13.0 Å². The van der Waals surface area contributed by atoms with Crippen LogP contribution in [0.2, 0.25) is 10.0 Å². The Kier molecular flexibility index (Phi) is 4.09. The first-order chi connectivity index (χ1) is 7.66. The summed E-state index contributed by atoms with van der Waals surface area (Å²) < 4.78 is 0. The van der Waals surface area contributed by atoms with Crippen LogP contribution in [0.3, 0.4) is 0 Å². The van der Waals surface area contributed by atoms with Crippen molar-refractivity contribution in [2.24, 2.45) is 0 Å². The summed E-state index contributed by atoms with van der Waals surface area (Å²) in [5.74, 6) is 0. The Morgan fingerprint density at radius 2 is 1.69 bits per heavy atom. The van der Waals surface area contributed by atoms with E-state index >= 15 is 0 Å². The Morgan fingerprint density at radius 3 is 2.25 bits per heavy atom. The molecule has 1 aliphatic heterocycles. The Bertz CT molecular complexity index is 342. The second-order valence-electron chi connectivity index (χ2n) is 4.16. The van der Waals surface area contributed by atoms with Crippen LogP contribution in [0.25, 0.3) is 0 Å². The summed E-state index contributed by atoms with van der Waals surface area (Å²) in [4.78, 5) is 2.44. The normalized spacial score (nSPS) is 19.7. The SMILES string of the molecule is C[C@@H](c1cc(Cl)cc(Cl)c1)N1CCNCC1. The van der Waals surface area contributed by atoms with Gasteiger partial charge in [0.25, 0.3) is 0 Å². The number of hydrogen-bond acceptors (Lipinski definition) is 2. The third kappa shape index (κ3) is 2.89. The fourth-order valence-corrected chi connectivity index (χ4v) is 2.64. The van der Waals surface area contributed by atoms with Gasteiger partial charge in [-0.05, 0) is 30.7 Å². The monoisotopic (exact) mass is 258 g/mol. The molecule has 88 valence electrons. The van der Waals surface area contributed by atoms with Crippen LogP contribution in [0.5, 0.6) is 0 Å². The Labute approximate surface area is 107 Å². The van der Waals surface area contributed by atoms with Gasteiger partial charge in [0.15, 0.2) is 0 Å². The van der Waals surface area contributed by atoms with Crippen LogP contribution in [0.15, 0.2) is 18.2 Å². The highest BCUT2D eigenvalue weighted by atomic mass is 35.5. The van der Waals surface area contributed by atoms with Gasteiger partial charge in [-0.3, -0.25) is 4.90 Å². The number of hydrogen-bond donors (Lipinski definition) is 1. The summed E-state index contributed by atoms with van der Waals surface area (Å²) in [5.41, 5.74) is 1.19. The maximum absolute atomic E-state index is 6.02. The van der Waals surface area contributed by atoms with Gasteiger partial charge in [0.2, 0.25) is 0 Å². The molecule has 16 heavy (non-hydrogen) atoms.